The summed E-state index contributed by atoms with van der Waals surface area (Å²) in [5.41, 5.74) is 2.06. The molecule has 1 aliphatic heterocycles. The largest absolute Gasteiger partial charge is 0.463 e. The number of hydrogen-bond acceptors (Lipinski definition) is 8. The van der Waals surface area contributed by atoms with E-state index in [1.54, 1.807) is 55.2 Å². The van der Waals surface area contributed by atoms with E-state index in [-0.39, 0.29) is 12.3 Å². The third-order valence-electron chi connectivity index (χ3n) is 4.68. The first-order chi connectivity index (χ1) is 14.5. The first-order valence-corrected chi connectivity index (χ1v) is 9.25. The highest BCUT2D eigenvalue weighted by atomic mass is 16.6. The second kappa shape index (κ2) is 7.74. The summed E-state index contributed by atoms with van der Waals surface area (Å²) >= 11 is 0. The van der Waals surface area contributed by atoms with Gasteiger partial charge in [-0.1, -0.05) is 12.1 Å². The van der Waals surface area contributed by atoms with Crippen LogP contribution in [0.1, 0.15) is 25.5 Å². The van der Waals surface area contributed by atoms with Crippen LogP contribution in [0.3, 0.4) is 0 Å². The van der Waals surface area contributed by atoms with E-state index in [0.717, 1.165) is 5.56 Å². The summed E-state index contributed by atoms with van der Waals surface area (Å²) in [5, 5.41) is 19.0. The minimum Gasteiger partial charge on any atom is -0.463 e. The summed E-state index contributed by atoms with van der Waals surface area (Å²) < 4.78 is 6.80. The number of allylic oxidation sites excluding steroid dienone is 1. The standard InChI is InChI=1S/C20H18N6O4/c1-3-30-19(27)16-12(2)22-20-23-18(13-7-9-21-10-8-13)24-25(20)17(16)14-5-4-6-15(11-14)26(28)29/h4-11,17H,3H2,1-2H3,(H,22,23,24). The third kappa shape index (κ3) is 3.39. The Hall–Kier alpha value is -4.08. The molecule has 0 saturated heterocycles. The lowest BCUT2D eigenvalue weighted by atomic mass is 9.95. The van der Waals surface area contributed by atoms with Crippen molar-refractivity contribution < 1.29 is 14.5 Å². The molecule has 0 spiro atoms. The van der Waals surface area contributed by atoms with Crippen molar-refractivity contribution in [1.29, 1.82) is 0 Å². The molecule has 4 rings (SSSR count). The summed E-state index contributed by atoms with van der Waals surface area (Å²) in [7, 11) is 0. The molecule has 0 amide bonds. The van der Waals surface area contributed by atoms with Crippen LogP contribution in [-0.2, 0) is 9.53 Å². The fraction of sp³-hybridized carbons (Fsp3) is 0.200. The van der Waals surface area contributed by atoms with Gasteiger partial charge < -0.3 is 10.1 Å². The van der Waals surface area contributed by atoms with Crippen molar-refractivity contribution >= 4 is 17.6 Å². The van der Waals surface area contributed by atoms with Gasteiger partial charge in [-0.15, -0.1) is 5.10 Å². The predicted molar refractivity (Wildman–Crippen MR) is 107 cm³/mol. The van der Waals surface area contributed by atoms with Crippen LogP contribution in [0, 0.1) is 10.1 Å². The van der Waals surface area contributed by atoms with Gasteiger partial charge in [0.2, 0.25) is 5.95 Å². The van der Waals surface area contributed by atoms with Gasteiger partial charge in [-0.2, -0.15) is 4.98 Å². The first-order valence-electron chi connectivity index (χ1n) is 9.25. The normalized spacial score (nSPS) is 15.3. The second-order valence-corrected chi connectivity index (χ2v) is 6.58. The first kappa shape index (κ1) is 19.2. The summed E-state index contributed by atoms with van der Waals surface area (Å²) in [6.45, 7) is 3.65. The monoisotopic (exact) mass is 406 g/mol. The number of non-ortho nitro benzene ring substituents is 1. The molecule has 1 aromatic carbocycles. The number of nitrogens with zero attached hydrogens (tertiary/aromatic N) is 5. The number of fused-ring (bicyclic) bond motifs is 1. The van der Waals surface area contributed by atoms with Crippen LogP contribution in [0.5, 0.6) is 0 Å². The molecule has 1 N–H and O–H groups in total. The Morgan fingerprint density at radius 3 is 2.77 bits per heavy atom. The van der Waals surface area contributed by atoms with Crippen LogP contribution in [0.25, 0.3) is 11.4 Å². The molecule has 30 heavy (non-hydrogen) atoms. The highest BCUT2D eigenvalue weighted by Crippen LogP contribution is 2.37. The van der Waals surface area contributed by atoms with Gasteiger partial charge in [-0.05, 0) is 31.5 Å². The van der Waals surface area contributed by atoms with Crippen molar-refractivity contribution in [2.45, 2.75) is 19.9 Å². The number of pyridine rings is 1. The van der Waals surface area contributed by atoms with Crippen LogP contribution in [-0.4, -0.2) is 37.2 Å². The number of nitrogens with one attached hydrogen (secondary N) is 1. The molecule has 1 aliphatic rings. The van der Waals surface area contributed by atoms with Gasteiger partial charge in [0.1, 0.15) is 6.04 Å². The molecular weight excluding hydrogens is 388 g/mol. The molecule has 0 radical (unpaired) electrons. The number of carbonyl (C=O) groups is 1. The second-order valence-electron chi connectivity index (χ2n) is 6.58. The number of benzene rings is 1. The topological polar surface area (TPSA) is 125 Å². The summed E-state index contributed by atoms with van der Waals surface area (Å²) in [4.78, 5) is 32.1. The number of hydrogen-bond donors (Lipinski definition) is 1. The zero-order valence-corrected chi connectivity index (χ0v) is 16.3. The summed E-state index contributed by atoms with van der Waals surface area (Å²) in [6.07, 6.45) is 3.27. The number of esters is 1. The number of aromatic nitrogens is 4. The third-order valence-corrected chi connectivity index (χ3v) is 4.68. The number of carbonyl (C=O) groups excluding carboxylic acids is 1. The Labute approximate surface area is 171 Å². The molecule has 0 bridgehead atoms. The van der Waals surface area contributed by atoms with Crippen molar-refractivity contribution in [2.75, 3.05) is 11.9 Å². The molecule has 3 heterocycles. The molecule has 2 aromatic heterocycles. The van der Waals surface area contributed by atoms with E-state index >= 15 is 0 Å². The van der Waals surface area contributed by atoms with E-state index in [9.17, 15) is 14.9 Å². The van der Waals surface area contributed by atoms with Gasteiger partial charge in [-0.3, -0.25) is 15.1 Å². The number of rotatable bonds is 5. The summed E-state index contributed by atoms with van der Waals surface area (Å²) in [5.74, 6) is 0.336. The Bertz CT molecular complexity index is 1160. The Morgan fingerprint density at radius 1 is 1.30 bits per heavy atom. The fourth-order valence-corrected chi connectivity index (χ4v) is 3.36. The smallest absolute Gasteiger partial charge is 0.338 e. The quantitative estimate of drug-likeness (QED) is 0.389. The molecule has 1 atom stereocenters. The number of ether oxygens (including phenoxy) is 1. The van der Waals surface area contributed by atoms with E-state index in [2.05, 4.69) is 20.4 Å². The average molecular weight is 406 g/mol. The molecule has 10 nitrogen and oxygen atoms in total. The van der Waals surface area contributed by atoms with E-state index in [1.807, 2.05) is 0 Å². The van der Waals surface area contributed by atoms with Gasteiger partial charge >= 0.3 is 5.97 Å². The SMILES string of the molecule is CCOC(=O)C1=C(C)Nc2nc(-c3ccncc3)nn2C1c1cccc([N+](=O)[O-])c1. The lowest BCUT2D eigenvalue weighted by molar-refractivity contribution is -0.384. The molecule has 3 aromatic rings. The van der Waals surface area contributed by atoms with Gasteiger partial charge in [-0.25, -0.2) is 9.48 Å². The fourth-order valence-electron chi connectivity index (χ4n) is 3.36. The average Bonchev–Trinajstić information content (AvgIpc) is 3.17. The van der Waals surface area contributed by atoms with E-state index in [0.29, 0.717) is 28.6 Å². The van der Waals surface area contributed by atoms with Crippen molar-refractivity contribution in [3.8, 4) is 11.4 Å². The molecule has 152 valence electrons. The van der Waals surface area contributed by atoms with Crippen molar-refractivity contribution in [3.63, 3.8) is 0 Å². The lowest BCUT2D eigenvalue weighted by Gasteiger charge is -2.28. The van der Waals surface area contributed by atoms with Crippen LogP contribution >= 0.6 is 0 Å². The van der Waals surface area contributed by atoms with Gasteiger partial charge in [0, 0.05) is 35.8 Å². The van der Waals surface area contributed by atoms with E-state index in [4.69, 9.17) is 4.74 Å². The van der Waals surface area contributed by atoms with Gasteiger partial charge in [0.15, 0.2) is 5.82 Å². The van der Waals surface area contributed by atoms with E-state index < -0.39 is 16.9 Å². The molecule has 10 heteroatoms. The highest BCUT2D eigenvalue weighted by molar-refractivity contribution is 5.92. The van der Waals surface area contributed by atoms with Gasteiger partial charge in [0.25, 0.3) is 5.69 Å². The maximum atomic E-state index is 12.8. The van der Waals surface area contributed by atoms with Crippen LogP contribution < -0.4 is 5.32 Å². The zero-order chi connectivity index (χ0) is 21.3. The molecule has 0 saturated carbocycles. The molecule has 0 fully saturated rings. The van der Waals surface area contributed by atoms with Crippen LogP contribution in [0.4, 0.5) is 11.6 Å². The number of anilines is 1. The van der Waals surface area contributed by atoms with Crippen molar-refractivity contribution in [3.05, 3.63) is 75.7 Å². The maximum absolute atomic E-state index is 12.8. The number of nitro groups is 1. The zero-order valence-electron chi connectivity index (χ0n) is 16.3. The summed E-state index contributed by atoms with van der Waals surface area (Å²) in [6, 6.07) is 8.94. The van der Waals surface area contributed by atoms with Crippen LogP contribution in [0.15, 0.2) is 60.1 Å². The maximum Gasteiger partial charge on any atom is 0.338 e. The lowest BCUT2D eigenvalue weighted by Crippen LogP contribution is -2.29. The predicted octanol–water partition coefficient (Wildman–Crippen LogP) is 3.10. The Balaban J connectivity index is 1.89. The Kier molecular flexibility index (Phi) is 4.97. The molecule has 0 aliphatic carbocycles. The van der Waals surface area contributed by atoms with Crippen molar-refractivity contribution in [2.24, 2.45) is 0 Å². The van der Waals surface area contributed by atoms with Crippen LogP contribution in [0.2, 0.25) is 0 Å². The molecule has 1 unspecified atom stereocenters. The minimum atomic E-state index is -0.733. The van der Waals surface area contributed by atoms with Gasteiger partial charge in [0.05, 0.1) is 17.1 Å². The minimum absolute atomic E-state index is 0.0806. The van der Waals surface area contributed by atoms with Crippen molar-refractivity contribution in [1.82, 2.24) is 19.7 Å². The molecular formula is C20H18N6O4. The Morgan fingerprint density at radius 2 is 2.07 bits per heavy atom. The van der Waals surface area contributed by atoms with E-state index in [1.165, 1.54) is 12.1 Å². The highest BCUT2D eigenvalue weighted by Gasteiger charge is 2.35. The number of nitro benzene ring substituents is 1.